The number of aromatic nitrogens is 1. The van der Waals surface area contributed by atoms with Crippen LogP contribution in [0.3, 0.4) is 0 Å². The molecule has 0 aliphatic carbocycles. The van der Waals surface area contributed by atoms with Gasteiger partial charge >= 0.3 is 0 Å². The van der Waals surface area contributed by atoms with Crippen molar-refractivity contribution >= 4 is 28.6 Å². The summed E-state index contributed by atoms with van der Waals surface area (Å²) in [5.41, 5.74) is 10.1. The van der Waals surface area contributed by atoms with E-state index in [1.807, 2.05) is 18.2 Å². The molecule has 1 heterocycles. The topological polar surface area (TPSA) is 48.0 Å². The molecule has 2 aromatic carbocycles. The Hall–Kier alpha value is -2.20. The molecule has 2 N–H and O–H groups in total. The Balaban J connectivity index is 2.28. The Morgan fingerprint density at radius 2 is 1.79 bits per heavy atom. The summed E-state index contributed by atoms with van der Waals surface area (Å²) in [5, 5.41) is 1.20. The van der Waals surface area contributed by atoms with Gasteiger partial charge in [0.15, 0.2) is 0 Å². The third kappa shape index (κ3) is 4.44. The Kier molecular flexibility index (Phi) is 6.19. The molecular formula is C24H30N2OS. The van der Waals surface area contributed by atoms with Crippen molar-refractivity contribution in [2.75, 3.05) is 0 Å². The molecule has 1 amide bonds. The number of amides is 1. The Morgan fingerprint density at radius 1 is 1.07 bits per heavy atom. The van der Waals surface area contributed by atoms with Gasteiger partial charge < -0.3 is 10.3 Å². The lowest BCUT2D eigenvalue weighted by atomic mass is 10.0. The number of hydrogen-bond donors (Lipinski definition) is 1. The molecule has 0 bridgehead atoms. The molecule has 0 atom stereocenters. The van der Waals surface area contributed by atoms with Gasteiger partial charge in [-0.2, -0.15) is 0 Å². The monoisotopic (exact) mass is 394 g/mol. The Morgan fingerprint density at radius 3 is 2.39 bits per heavy atom. The van der Waals surface area contributed by atoms with Crippen LogP contribution >= 0.6 is 11.8 Å². The summed E-state index contributed by atoms with van der Waals surface area (Å²) in [6, 6.07) is 16.7. The second kappa shape index (κ2) is 8.44. The SMILES string of the molecule is CCCCc1cccc2c1c(SC(C)(C)C)c(C(N)=O)n2Cc1ccccc1. The van der Waals surface area contributed by atoms with Crippen LogP contribution in [0.4, 0.5) is 0 Å². The minimum absolute atomic E-state index is 0.0199. The van der Waals surface area contributed by atoms with Crippen molar-refractivity contribution in [1.82, 2.24) is 4.57 Å². The quantitative estimate of drug-likeness (QED) is 0.498. The van der Waals surface area contributed by atoms with Crippen molar-refractivity contribution in [3.05, 3.63) is 65.4 Å². The number of thioether (sulfide) groups is 1. The van der Waals surface area contributed by atoms with Crippen LogP contribution in [0.15, 0.2) is 53.4 Å². The van der Waals surface area contributed by atoms with Crippen LogP contribution in [-0.4, -0.2) is 15.2 Å². The molecule has 0 aliphatic rings. The summed E-state index contributed by atoms with van der Waals surface area (Å²) in [5.74, 6) is -0.361. The lowest BCUT2D eigenvalue weighted by Gasteiger charge is -2.19. The highest BCUT2D eigenvalue weighted by Crippen LogP contribution is 2.42. The maximum atomic E-state index is 12.6. The van der Waals surface area contributed by atoms with E-state index in [0.29, 0.717) is 12.2 Å². The summed E-state index contributed by atoms with van der Waals surface area (Å²) in [6.45, 7) is 9.38. The fraction of sp³-hybridized carbons (Fsp3) is 0.375. The number of aryl methyl sites for hydroxylation is 1. The molecule has 3 aromatic rings. The van der Waals surface area contributed by atoms with Gasteiger partial charge in [0.25, 0.3) is 5.91 Å². The van der Waals surface area contributed by atoms with Gasteiger partial charge in [0.1, 0.15) is 5.69 Å². The van der Waals surface area contributed by atoms with Gasteiger partial charge in [0, 0.05) is 21.6 Å². The molecule has 148 valence electrons. The van der Waals surface area contributed by atoms with Crippen molar-refractivity contribution in [1.29, 1.82) is 0 Å². The Bertz CT molecular complexity index is 968. The maximum Gasteiger partial charge on any atom is 0.266 e. The van der Waals surface area contributed by atoms with Gasteiger partial charge in [-0.25, -0.2) is 0 Å². The number of hydrogen-bond acceptors (Lipinski definition) is 2. The molecule has 0 aliphatic heterocycles. The third-order valence-corrected chi connectivity index (χ3v) is 5.97. The minimum Gasteiger partial charge on any atom is -0.364 e. The molecule has 0 unspecified atom stereocenters. The zero-order valence-corrected chi connectivity index (χ0v) is 18.1. The van der Waals surface area contributed by atoms with Crippen molar-refractivity contribution in [2.45, 2.75) is 63.1 Å². The molecule has 28 heavy (non-hydrogen) atoms. The maximum absolute atomic E-state index is 12.6. The highest BCUT2D eigenvalue weighted by atomic mass is 32.2. The molecule has 0 saturated carbocycles. The van der Waals surface area contributed by atoms with Gasteiger partial charge in [0.05, 0.1) is 5.52 Å². The molecule has 1 aromatic heterocycles. The van der Waals surface area contributed by atoms with Crippen molar-refractivity contribution in [3.8, 4) is 0 Å². The summed E-state index contributed by atoms with van der Waals surface area (Å²) in [6.07, 6.45) is 3.29. The van der Waals surface area contributed by atoms with E-state index in [0.717, 1.165) is 35.2 Å². The van der Waals surface area contributed by atoms with E-state index in [1.165, 1.54) is 10.9 Å². The van der Waals surface area contributed by atoms with Gasteiger partial charge in [-0.3, -0.25) is 4.79 Å². The largest absolute Gasteiger partial charge is 0.364 e. The zero-order chi connectivity index (χ0) is 20.3. The number of fused-ring (bicyclic) bond motifs is 1. The lowest BCUT2D eigenvalue weighted by molar-refractivity contribution is 0.0989. The summed E-state index contributed by atoms with van der Waals surface area (Å²) in [7, 11) is 0. The first kappa shape index (κ1) is 20.5. The fourth-order valence-corrected chi connectivity index (χ4v) is 4.85. The second-order valence-corrected chi connectivity index (χ2v) is 10.1. The van der Waals surface area contributed by atoms with Crippen LogP contribution < -0.4 is 5.73 Å². The van der Waals surface area contributed by atoms with Crippen LogP contribution in [0.25, 0.3) is 10.9 Å². The number of nitrogens with two attached hydrogens (primary N) is 1. The first-order chi connectivity index (χ1) is 13.3. The van der Waals surface area contributed by atoms with E-state index in [2.05, 4.69) is 62.6 Å². The van der Waals surface area contributed by atoms with Crippen LogP contribution in [0, 0.1) is 0 Å². The number of unbranched alkanes of at least 4 members (excludes halogenated alkanes) is 1. The summed E-state index contributed by atoms with van der Waals surface area (Å²) >= 11 is 1.74. The van der Waals surface area contributed by atoms with Crippen molar-refractivity contribution in [2.24, 2.45) is 5.73 Å². The van der Waals surface area contributed by atoms with Crippen LogP contribution in [0.5, 0.6) is 0 Å². The predicted octanol–water partition coefficient (Wildman–Crippen LogP) is 6.02. The average molecular weight is 395 g/mol. The first-order valence-electron chi connectivity index (χ1n) is 9.98. The minimum atomic E-state index is -0.361. The molecule has 3 rings (SSSR count). The lowest BCUT2D eigenvalue weighted by Crippen LogP contribution is -2.19. The molecular weight excluding hydrogens is 364 g/mol. The smallest absolute Gasteiger partial charge is 0.266 e. The fourth-order valence-electron chi connectivity index (χ4n) is 3.59. The van der Waals surface area contributed by atoms with E-state index in [4.69, 9.17) is 5.73 Å². The highest BCUT2D eigenvalue weighted by Gasteiger charge is 2.27. The highest BCUT2D eigenvalue weighted by molar-refractivity contribution is 8.00. The zero-order valence-electron chi connectivity index (χ0n) is 17.3. The number of carbonyl (C=O) groups excluding carboxylic acids is 1. The number of primary amides is 1. The van der Waals surface area contributed by atoms with E-state index >= 15 is 0 Å². The van der Waals surface area contributed by atoms with Gasteiger partial charge in [-0.1, -0.05) is 76.6 Å². The van der Waals surface area contributed by atoms with Gasteiger partial charge in [0.2, 0.25) is 0 Å². The van der Waals surface area contributed by atoms with E-state index in [-0.39, 0.29) is 10.7 Å². The first-order valence-corrected chi connectivity index (χ1v) is 10.8. The molecule has 0 spiro atoms. The number of nitrogens with zero attached hydrogens (tertiary/aromatic N) is 1. The molecule has 3 nitrogen and oxygen atoms in total. The van der Waals surface area contributed by atoms with Crippen LogP contribution in [-0.2, 0) is 13.0 Å². The van der Waals surface area contributed by atoms with E-state index in [1.54, 1.807) is 11.8 Å². The molecule has 0 saturated heterocycles. The van der Waals surface area contributed by atoms with Crippen molar-refractivity contribution in [3.63, 3.8) is 0 Å². The third-order valence-electron chi connectivity index (χ3n) is 4.76. The molecule has 0 radical (unpaired) electrons. The average Bonchev–Trinajstić information content (AvgIpc) is 2.93. The second-order valence-electron chi connectivity index (χ2n) is 8.24. The van der Waals surface area contributed by atoms with Crippen molar-refractivity contribution < 1.29 is 4.79 Å². The van der Waals surface area contributed by atoms with Gasteiger partial charge in [-0.05, 0) is 30.0 Å². The summed E-state index contributed by atoms with van der Waals surface area (Å²) < 4.78 is 2.09. The molecule has 0 fully saturated rings. The number of benzene rings is 2. The van der Waals surface area contributed by atoms with Crippen LogP contribution in [0.1, 0.15) is 62.2 Å². The van der Waals surface area contributed by atoms with E-state index in [9.17, 15) is 4.79 Å². The normalized spacial score (nSPS) is 11.9. The Labute approximate surface area is 172 Å². The summed E-state index contributed by atoms with van der Waals surface area (Å²) in [4.78, 5) is 13.6. The number of rotatable bonds is 7. The molecule has 4 heteroatoms. The number of carbonyl (C=O) groups is 1. The van der Waals surface area contributed by atoms with Gasteiger partial charge in [-0.15, -0.1) is 11.8 Å². The standard InChI is InChI=1S/C24H30N2OS/c1-5-6-13-18-14-10-15-19-20(18)22(28-24(2,3)4)21(23(25)27)26(19)16-17-11-8-7-9-12-17/h7-12,14-15H,5-6,13,16H2,1-4H3,(H2,25,27). The van der Waals surface area contributed by atoms with Crippen LogP contribution in [0.2, 0.25) is 0 Å². The van der Waals surface area contributed by atoms with E-state index < -0.39 is 0 Å². The predicted molar refractivity (Wildman–Crippen MR) is 120 cm³/mol.